The van der Waals surface area contributed by atoms with Crippen LogP contribution in [0.25, 0.3) is 11.1 Å². The molecule has 0 fully saturated rings. The highest BCUT2D eigenvalue weighted by molar-refractivity contribution is 5.72. The van der Waals surface area contributed by atoms with Crippen LogP contribution in [0.15, 0.2) is 60.7 Å². The Kier molecular flexibility index (Phi) is 6.84. The molecule has 0 heterocycles. The lowest BCUT2D eigenvalue weighted by atomic mass is 9.86. The highest BCUT2D eigenvalue weighted by atomic mass is 16.5. The first-order valence-corrected chi connectivity index (χ1v) is 9.50. The normalized spacial score (nSPS) is 15.2. The van der Waals surface area contributed by atoms with Crippen molar-refractivity contribution in [1.29, 1.82) is 0 Å². The third-order valence-electron chi connectivity index (χ3n) is 4.85. The van der Waals surface area contributed by atoms with Gasteiger partial charge in [0.05, 0.1) is 13.5 Å². The van der Waals surface area contributed by atoms with Crippen molar-refractivity contribution in [2.45, 2.75) is 31.8 Å². The van der Waals surface area contributed by atoms with Gasteiger partial charge < -0.3 is 14.8 Å². The molecule has 1 atom stereocenters. The van der Waals surface area contributed by atoms with Gasteiger partial charge in [-0.1, -0.05) is 60.7 Å². The molecule has 0 aromatic heterocycles. The second-order valence-corrected chi connectivity index (χ2v) is 6.69. The second kappa shape index (κ2) is 9.74. The summed E-state index contributed by atoms with van der Waals surface area (Å²) in [5, 5.41) is 2.58. The zero-order valence-electron chi connectivity index (χ0n) is 16.0. The summed E-state index contributed by atoms with van der Waals surface area (Å²) in [4.78, 5) is 23.1. The lowest BCUT2D eigenvalue weighted by molar-refractivity contribution is -0.140. The van der Waals surface area contributed by atoms with Gasteiger partial charge in [0, 0.05) is 12.5 Å². The van der Waals surface area contributed by atoms with E-state index in [1.807, 2.05) is 30.3 Å². The molecule has 0 bridgehead atoms. The lowest BCUT2D eigenvalue weighted by Gasteiger charge is -2.20. The molecule has 1 aliphatic carbocycles. The van der Waals surface area contributed by atoms with Crippen LogP contribution in [-0.2, 0) is 20.9 Å². The van der Waals surface area contributed by atoms with Crippen LogP contribution in [0.3, 0.4) is 0 Å². The molecule has 0 saturated heterocycles. The number of hydrogen-bond acceptors (Lipinski definition) is 4. The van der Waals surface area contributed by atoms with Crippen LogP contribution in [0.2, 0.25) is 0 Å². The quantitative estimate of drug-likeness (QED) is 0.565. The van der Waals surface area contributed by atoms with Gasteiger partial charge in [0.1, 0.15) is 6.61 Å². The molecule has 5 heteroatoms. The summed E-state index contributed by atoms with van der Waals surface area (Å²) >= 11 is 0. The summed E-state index contributed by atoms with van der Waals surface area (Å²) < 4.78 is 9.96. The molecule has 1 N–H and O–H groups in total. The Hall–Kier alpha value is -3.08. The SMILES string of the molecule is COC(=O)CCNC(=O)OCc1cccc(-c2ccccc2)c1C1C=CCC1. The fourth-order valence-electron chi connectivity index (χ4n) is 3.48. The molecule has 0 aliphatic heterocycles. The number of ether oxygens (including phenoxy) is 2. The first-order valence-electron chi connectivity index (χ1n) is 9.50. The topological polar surface area (TPSA) is 64.6 Å². The molecular formula is C23H25NO4. The Morgan fingerprint density at radius 1 is 1.11 bits per heavy atom. The molecule has 0 saturated carbocycles. The highest BCUT2D eigenvalue weighted by Gasteiger charge is 2.20. The number of carbonyl (C=O) groups excluding carboxylic acids is 2. The van der Waals surface area contributed by atoms with E-state index in [2.05, 4.69) is 40.4 Å². The molecule has 0 radical (unpaired) electrons. The Morgan fingerprint density at radius 2 is 1.93 bits per heavy atom. The fraction of sp³-hybridized carbons (Fsp3) is 0.304. The lowest BCUT2D eigenvalue weighted by Crippen LogP contribution is -2.27. The van der Waals surface area contributed by atoms with Gasteiger partial charge in [-0.3, -0.25) is 4.79 Å². The number of esters is 1. The molecule has 2 aromatic rings. The van der Waals surface area contributed by atoms with Crippen molar-refractivity contribution in [2.24, 2.45) is 0 Å². The van der Waals surface area contributed by atoms with E-state index in [4.69, 9.17) is 4.74 Å². The smallest absolute Gasteiger partial charge is 0.407 e. The molecule has 1 amide bonds. The average molecular weight is 379 g/mol. The maximum atomic E-state index is 12.0. The minimum atomic E-state index is -0.540. The largest absolute Gasteiger partial charge is 0.469 e. The maximum absolute atomic E-state index is 12.0. The van der Waals surface area contributed by atoms with Gasteiger partial charge >= 0.3 is 12.1 Å². The number of hydrogen-bond donors (Lipinski definition) is 1. The van der Waals surface area contributed by atoms with Gasteiger partial charge in [0.25, 0.3) is 0 Å². The molecule has 3 rings (SSSR count). The first kappa shape index (κ1) is 19.7. The number of nitrogens with one attached hydrogen (secondary N) is 1. The number of rotatable bonds is 7. The molecule has 2 aromatic carbocycles. The average Bonchev–Trinajstić information content (AvgIpc) is 3.27. The van der Waals surface area contributed by atoms with Crippen LogP contribution in [0.4, 0.5) is 4.79 Å². The van der Waals surface area contributed by atoms with E-state index in [-0.39, 0.29) is 25.5 Å². The van der Waals surface area contributed by atoms with Crippen LogP contribution in [-0.4, -0.2) is 25.7 Å². The third kappa shape index (κ3) is 5.00. The Balaban J connectivity index is 1.74. The van der Waals surface area contributed by atoms with Crippen molar-refractivity contribution < 1.29 is 19.1 Å². The van der Waals surface area contributed by atoms with Gasteiger partial charge in [-0.25, -0.2) is 4.79 Å². The molecule has 28 heavy (non-hydrogen) atoms. The van der Waals surface area contributed by atoms with Crippen LogP contribution in [0.5, 0.6) is 0 Å². The fourth-order valence-corrected chi connectivity index (χ4v) is 3.48. The second-order valence-electron chi connectivity index (χ2n) is 6.69. The number of benzene rings is 2. The van der Waals surface area contributed by atoms with Gasteiger partial charge in [0.2, 0.25) is 0 Å². The number of methoxy groups -OCH3 is 1. The van der Waals surface area contributed by atoms with Crippen molar-refractivity contribution in [1.82, 2.24) is 5.32 Å². The van der Waals surface area contributed by atoms with Crippen LogP contribution < -0.4 is 5.32 Å². The summed E-state index contributed by atoms with van der Waals surface area (Å²) in [5.41, 5.74) is 4.54. The standard InChI is InChI=1S/C23H25NO4/c1-27-21(25)14-15-24-23(26)28-16-19-12-7-13-20(17-8-3-2-4-9-17)22(19)18-10-5-6-11-18/h2-5,7-10,12-13,18H,6,11,14-16H2,1H3,(H,24,26). The minimum Gasteiger partial charge on any atom is -0.469 e. The van der Waals surface area contributed by atoms with E-state index in [1.165, 1.54) is 18.2 Å². The third-order valence-corrected chi connectivity index (χ3v) is 4.85. The Labute approximate surface area is 165 Å². The van der Waals surface area contributed by atoms with E-state index >= 15 is 0 Å². The van der Waals surface area contributed by atoms with E-state index in [1.54, 1.807) is 0 Å². The summed E-state index contributed by atoms with van der Waals surface area (Å²) in [6.45, 7) is 0.373. The predicted octanol–water partition coefficient (Wildman–Crippen LogP) is 4.58. The van der Waals surface area contributed by atoms with Crippen LogP contribution in [0, 0.1) is 0 Å². The predicted molar refractivity (Wildman–Crippen MR) is 108 cm³/mol. The highest BCUT2D eigenvalue weighted by Crippen LogP contribution is 2.38. The molecule has 5 nitrogen and oxygen atoms in total. The number of allylic oxidation sites excluding steroid dienone is 2. The summed E-state index contributed by atoms with van der Waals surface area (Å²) in [6.07, 6.45) is 6.14. The van der Waals surface area contributed by atoms with Crippen molar-refractivity contribution in [2.75, 3.05) is 13.7 Å². The summed E-state index contributed by atoms with van der Waals surface area (Å²) in [6, 6.07) is 16.4. The van der Waals surface area contributed by atoms with E-state index in [0.29, 0.717) is 5.92 Å². The van der Waals surface area contributed by atoms with Gasteiger partial charge in [-0.2, -0.15) is 0 Å². The summed E-state index contributed by atoms with van der Waals surface area (Å²) in [5.74, 6) is -0.0523. The maximum Gasteiger partial charge on any atom is 0.407 e. The van der Waals surface area contributed by atoms with Crippen molar-refractivity contribution >= 4 is 12.1 Å². The number of alkyl carbamates (subject to hydrolysis) is 1. The zero-order valence-corrected chi connectivity index (χ0v) is 16.0. The van der Waals surface area contributed by atoms with Crippen molar-refractivity contribution in [3.63, 3.8) is 0 Å². The van der Waals surface area contributed by atoms with Crippen molar-refractivity contribution in [3.05, 3.63) is 71.8 Å². The van der Waals surface area contributed by atoms with Gasteiger partial charge in [-0.15, -0.1) is 0 Å². The summed E-state index contributed by atoms with van der Waals surface area (Å²) in [7, 11) is 1.32. The minimum absolute atomic E-state index is 0.118. The van der Waals surface area contributed by atoms with E-state index in [9.17, 15) is 9.59 Å². The Morgan fingerprint density at radius 3 is 2.64 bits per heavy atom. The van der Waals surface area contributed by atoms with Crippen LogP contribution in [0.1, 0.15) is 36.3 Å². The zero-order chi connectivity index (χ0) is 19.8. The van der Waals surface area contributed by atoms with Gasteiger partial charge in [-0.05, 0) is 35.1 Å². The molecule has 0 spiro atoms. The molecule has 1 unspecified atom stereocenters. The van der Waals surface area contributed by atoms with E-state index < -0.39 is 6.09 Å². The molecule has 1 aliphatic rings. The molecular weight excluding hydrogens is 354 g/mol. The van der Waals surface area contributed by atoms with Crippen LogP contribution >= 0.6 is 0 Å². The number of amides is 1. The number of carbonyl (C=O) groups is 2. The Bertz CT molecular complexity index is 845. The van der Waals surface area contributed by atoms with Crippen molar-refractivity contribution in [3.8, 4) is 11.1 Å². The molecule has 146 valence electrons. The monoisotopic (exact) mass is 379 g/mol. The first-order chi connectivity index (χ1) is 13.7. The van der Waals surface area contributed by atoms with E-state index in [0.717, 1.165) is 24.0 Å². The van der Waals surface area contributed by atoms with Gasteiger partial charge in [0.15, 0.2) is 0 Å².